The first-order chi connectivity index (χ1) is 10.2. The summed E-state index contributed by atoms with van der Waals surface area (Å²) in [7, 11) is 0. The van der Waals surface area contributed by atoms with E-state index in [4.69, 9.17) is 5.73 Å². The lowest BCUT2D eigenvalue weighted by Gasteiger charge is -2.11. The van der Waals surface area contributed by atoms with Crippen LogP contribution in [0.4, 0.5) is 11.4 Å². The standard InChI is InChI=1S/C17H15N3O/c1-11-5-2-6-13(16(11)18)17(21)20-15-9-3-8-14-12(15)7-4-10-19-14/h2-10H,18H2,1H3,(H,20,21). The Morgan fingerprint density at radius 2 is 1.90 bits per heavy atom. The number of amides is 1. The molecule has 0 atom stereocenters. The summed E-state index contributed by atoms with van der Waals surface area (Å²) in [5, 5.41) is 3.81. The van der Waals surface area contributed by atoms with Gasteiger partial charge < -0.3 is 11.1 Å². The summed E-state index contributed by atoms with van der Waals surface area (Å²) < 4.78 is 0. The second-order valence-corrected chi connectivity index (χ2v) is 4.87. The molecular formula is C17H15N3O. The van der Waals surface area contributed by atoms with Crippen LogP contribution in [0, 0.1) is 6.92 Å². The first-order valence-electron chi connectivity index (χ1n) is 6.67. The number of benzene rings is 2. The number of para-hydroxylation sites is 1. The molecule has 4 heteroatoms. The van der Waals surface area contributed by atoms with E-state index in [0.29, 0.717) is 11.3 Å². The maximum absolute atomic E-state index is 12.4. The largest absolute Gasteiger partial charge is 0.398 e. The summed E-state index contributed by atoms with van der Waals surface area (Å²) in [6, 6.07) is 14.8. The number of nitrogens with zero attached hydrogens (tertiary/aromatic N) is 1. The Bertz CT molecular complexity index is 822. The van der Waals surface area contributed by atoms with Gasteiger partial charge in [0.15, 0.2) is 0 Å². The molecule has 0 saturated carbocycles. The highest BCUT2D eigenvalue weighted by molar-refractivity contribution is 6.11. The monoisotopic (exact) mass is 277 g/mol. The highest BCUT2D eigenvalue weighted by Crippen LogP contribution is 2.23. The highest BCUT2D eigenvalue weighted by atomic mass is 16.1. The SMILES string of the molecule is Cc1cccc(C(=O)Nc2cccc3ncccc23)c1N. The minimum absolute atomic E-state index is 0.215. The molecule has 2 aromatic carbocycles. The average Bonchev–Trinajstić information content (AvgIpc) is 2.50. The third-order valence-corrected chi connectivity index (χ3v) is 3.46. The third-order valence-electron chi connectivity index (χ3n) is 3.46. The zero-order valence-corrected chi connectivity index (χ0v) is 11.6. The Kier molecular flexibility index (Phi) is 3.28. The number of fused-ring (bicyclic) bond motifs is 1. The van der Waals surface area contributed by atoms with Gasteiger partial charge in [0.2, 0.25) is 0 Å². The predicted molar refractivity (Wildman–Crippen MR) is 85.3 cm³/mol. The van der Waals surface area contributed by atoms with E-state index in [1.165, 1.54) is 0 Å². The highest BCUT2D eigenvalue weighted by Gasteiger charge is 2.12. The quantitative estimate of drug-likeness (QED) is 0.706. The van der Waals surface area contributed by atoms with E-state index in [1.807, 2.05) is 49.4 Å². The Morgan fingerprint density at radius 1 is 1.10 bits per heavy atom. The number of carbonyl (C=O) groups is 1. The number of hydrogen-bond acceptors (Lipinski definition) is 3. The van der Waals surface area contributed by atoms with E-state index in [9.17, 15) is 4.79 Å². The van der Waals surface area contributed by atoms with Crippen LogP contribution in [0.1, 0.15) is 15.9 Å². The number of aromatic nitrogens is 1. The van der Waals surface area contributed by atoms with Crippen molar-refractivity contribution >= 4 is 28.2 Å². The molecule has 104 valence electrons. The van der Waals surface area contributed by atoms with E-state index in [-0.39, 0.29) is 5.91 Å². The number of aryl methyl sites for hydroxylation is 1. The van der Waals surface area contributed by atoms with Crippen LogP contribution < -0.4 is 11.1 Å². The maximum atomic E-state index is 12.4. The van der Waals surface area contributed by atoms with Gasteiger partial charge in [0.1, 0.15) is 0 Å². The van der Waals surface area contributed by atoms with Crippen LogP contribution in [-0.2, 0) is 0 Å². The topological polar surface area (TPSA) is 68.0 Å². The van der Waals surface area contributed by atoms with Gasteiger partial charge in [-0.3, -0.25) is 9.78 Å². The molecule has 21 heavy (non-hydrogen) atoms. The fourth-order valence-corrected chi connectivity index (χ4v) is 2.28. The number of nitrogens with one attached hydrogen (secondary N) is 1. The fraction of sp³-hybridized carbons (Fsp3) is 0.0588. The lowest BCUT2D eigenvalue weighted by Crippen LogP contribution is -2.14. The molecule has 4 nitrogen and oxygen atoms in total. The number of carbonyl (C=O) groups excluding carboxylic acids is 1. The van der Waals surface area contributed by atoms with Gasteiger partial charge in [-0.25, -0.2) is 0 Å². The third kappa shape index (κ3) is 2.43. The predicted octanol–water partition coefficient (Wildman–Crippen LogP) is 3.38. The van der Waals surface area contributed by atoms with E-state index < -0.39 is 0 Å². The van der Waals surface area contributed by atoms with Gasteiger partial charge >= 0.3 is 0 Å². The van der Waals surface area contributed by atoms with Crippen LogP contribution in [-0.4, -0.2) is 10.9 Å². The number of rotatable bonds is 2. The Balaban J connectivity index is 1.99. The number of hydrogen-bond donors (Lipinski definition) is 2. The first kappa shape index (κ1) is 13.1. The van der Waals surface area contributed by atoms with Gasteiger partial charge in [-0.15, -0.1) is 0 Å². The molecule has 0 radical (unpaired) electrons. The van der Waals surface area contributed by atoms with E-state index in [0.717, 1.165) is 22.2 Å². The Morgan fingerprint density at radius 3 is 2.76 bits per heavy atom. The van der Waals surface area contributed by atoms with Crippen molar-refractivity contribution in [2.24, 2.45) is 0 Å². The van der Waals surface area contributed by atoms with Crippen molar-refractivity contribution in [3.05, 3.63) is 65.9 Å². The van der Waals surface area contributed by atoms with Crippen molar-refractivity contribution in [3.8, 4) is 0 Å². The lowest BCUT2D eigenvalue weighted by molar-refractivity contribution is 0.102. The molecule has 1 heterocycles. The molecule has 1 aromatic heterocycles. The first-order valence-corrected chi connectivity index (χ1v) is 6.67. The van der Waals surface area contributed by atoms with Gasteiger partial charge in [0.25, 0.3) is 5.91 Å². The van der Waals surface area contributed by atoms with Crippen molar-refractivity contribution in [2.45, 2.75) is 6.92 Å². The molecule has 1 amide bonds. The second kappa shape index (κ2) is 5.25. The Hall–Kier alpha value is -2.88. The minimum atomic E-state index is -0.215. The lowest BCUT2D eigenvalue weighted by atomic mass is 10.1. The van der Waals surface area contributed by atoms with Gasteiger partial charge in [0.05, 0.1) is 16.8 Å². The molecule has 0 aliphatic carbocycles. The zero-order chi connectivity index (χ0) is 14.8. The maximum Gasteiger partial charge on any atom is 0.257 e. The number of anilines is 2. The molecule has 0 spiro atoms. The molecule has 0 fully saturated rings. The van der Waals surface area contributed by atoms with E-state index in [2.05, 4.69) is 10.3 Å². The normalized spacial score (nSPS) is 10.5. The summed E-state index contributed by atoms with van der Waals surface area (Å²) in [6.45, 7) is 1.88. The van der Waals surface area contributed by atoms with E-state index in [1.54, 1.807) is 12.3 Å². The molecule has 0 aliphatic rings. The molecule has 3 rings (SSSR count). The summed E-state index contributed by atoms with van der Waals surface area (Å²) >= 11 is 0. The summed E-state index contributed by atoms with van der Waals surface area (Å²) in [6.07, 6.45) is 1.73. The average molecular weight is 277 g/mol. The van der Waals surface area contributed by atoms with Crippen molar-refractivity contribution in [3.63, 3.8) is 0 Å². The van der Waals surface area contributed by atoms with Crippen LogP contribution in [0.25, 0.3) is 10.9 Å². The molecule has 0 aliphatic heterocycles. The second-order valence-electron chi connectivity index (χ2n) is 4.87. The van der Waals surface area contributed by atoms with Crippen LogP contribution >= 0.6 is 0 Å². The smallest absolute Gasteiger partial charge is 0.257 e. The molecule has 3 aromatic rings. The number of pyridine rings is 1. The molecule has 0 unspecified atom stereocenters. The Labute approximate surface area is 122 Å². The van der Waals surface area contributed by atoms with Crippen LogP contribution in [0.15, 0.2) is 54.7 Å². The van der Waals surface area contributed by atoms with Gasteiger partial charge in [-0.2, -0.15) is 0 Å². The van der Waals surface area contributed by atoms with Gasteiger partial charge in [0, 0.05) is 17.3 Å². The van der Waals surface area contributed by atoms with Crippen molar-refractivity contribution in [1.29, 1.82) is 0 Å². The van der Waals surface area contributed by atoms with Crippen molar-refractivity contribution < 1.29 is 4.79 Å². The van der Waals surface area contributed by atoms with Gasteiger partial charge in [-0.05, 0) is 42.8 Å². The molecule has 0 saturated heterocycles. The van der Waals surface area contributed by atoms with Gasteiger partial charge in [-0.1, -0.05) is 18.2 Å². The van der Waals surface area contributed by atoms with Crippen LogP contribution in [0.3, 0.4) is 0 Å². The number of nitrogen functional groups attached to an aromatic ring is 1. The zero-order valence-electron chi connectivity index (χ0n) is 11.6. The molecule has 3 N–H and O–H groups in total. The summed E-state index contributed by atoms with van der Waals surface area (Å²) in [5.41, 5.74) is 9.43. The van der Waals surface area contributed by atoms with Crippen LogP contribution in [0.5, 0.6) is 0 Å². The van der Waals surface area contributed by atoms with E-state index >= 15 is 0 Å². The minimum Gasteiger partial charge on any atom is -0.398 e. The molecular weight excluding hydrogens is 262 g/mol. The fourth-order valence-electron chi connectivity index (χ4n) is 2.28. The number of nitrogens with two attached hydrogens (primary N) is 1. The summed E-state index contributed by atoms with van der Waals surface area (Å²) in [5.74, 6) is -0.215. The summed E-state index contributed by atoms with van der Waals surface area (Å²) in [4.78, 5) is 16.7. The molecule has 0 bridgehead atoms. The van der Waals surface area contributed by atoms with Crippen LogP contribution in [0.2, 0.25) is 0 Å². The van der Waals surface area contributed by atoms with Crippen molar-refractivity contribution in [1.82, 2.24) is 4.98 Å². The van der Waals surface area contributed by atoms with Crippen molar-refractivity contribution in [2.75, 3.05) is 11.1 Å².